The van der Waals surface area contributed by atoms with Gasteiger partial charge in [0, 0.05) is 185 Å². The zero-order valence-corrected chi connectivity index (χ0v) is 62.0. The van der Waals surface area contributed by atoms with E-state index in [-0.39, 0.29) is 72.4 Å². The van der Waals surface area contributed by atoms with Crippen LogP contribution in [0.15, 0.2) is 0 Å². The number of likely N-dealkylation sites (tertiary alicyclic amines) is 2. The van der Waals surface area contributed by atoms with Crippen LogP contribution in [0.3, 0.4) is 0 Å². The van der Waals surface area contributed by atoms with Crippen molar-refractivity contribution in [2.75, 3.05) is 86.8 Å². The zero-order chi connectivity index (χ0) is 73.1. The summed E-state index contributed by atoms with van der Waals surface area (Å²) >= 11 is 0. The van der Waals surface area contributed by atoms with E-state index in [1.165, 1.54) is 26.2 Å². The molecule has 3 radical (unpaired) electrons. The van der Waals surface area contributed by atoms with Crippen LogP contribution in [0.25, 0.3) is 0 Å². The monoisotopic (exact) mass is 1380 g/mol. The minimum Gasteiger partial charge on any atom is -0.793 e. The van der Waals surface area contributed by atoms with Crippen LogP contribution in [0.2, 0.25) is 0 Å². The number of aliphatic hydroxyl groups is 1. The molecule has 22 heteroatoms. The number of ether oxygens (including phenoxy) is 5. The predicted molar refractivity (Wildman–Crippen MR) is 379 cm³/mol. The van der Waals surface area contributed by atoms with Crippen molar-refractivity contribution in [1.29, 1.82) is 0 Å². The number of morpholine rings is 3. The molecule has 100 heavy (non-hydrogen) atoms. The standard InChI is InChI=1S/C40H6.C12H22N2O3.C11H20N2O3.C8H15NO.C4H6O4.C2H3BO2.CH4O.ClH.Na/c1-3-5-7-9-11-13-15-17-19-21-23-25-27-29-31-33-35-37-39-40-38-36-34-32-30-28-26-24-22-20-18-16-14-12-10-8-6-4-2;1-12(2,3)17-11(15)14-7-9-10(8-14)16-6-5-13(9)4;1-11(2,3)16-10(14)13-6-8-9(7-13)15-5-4-12-8;1-9-5-6-10-8-4-2-3-7(8)9;1-3(5)7-8-4(2)6;1-2(4)5-3;1-2;;/h1-2H3;9-10H,5-8H2,1-4H3;8-9,12H,4-7H2,1-3H3;7-8H,2-6H2,1H3;1-2H3;1H3;2H,1H3;1H;/q;;;;;-1;;;+1. The van der Waals surface area contributed by atoms with Crippen LogP contribution in [0.1, 0.15) is 95.4 Å². The van der Waals surface area contributed by atoms with Crippen LogP contribution in [0, 0.1) is 225 Å². The molecule has 0 aromatic heterocycles. The Balaban J connectivity index is -0.00000128. The number of likely N-dealkylation sites (N-methyl/N-ethyl adjacent to an activating group) is 2. The summed E-state index contributed by atoms with van der Waals surface area (Å²) in [4.78, 5) is 68.7. The van der Waals surface area contributed by atoms with Crippen molar-refractivity contribution in [2.45, 2.75) is 143 Å². The van der Waals surface area contributed by atoms with Crippen molar-refractivity contribution in [1.82, 2.24) is 24.9 Å². The molecular weight excluding hydrogens is 1300 g/mol. The Kier molecular flexibility index (Phi) is 56.2. The van der Waals surface area contributed by atoms with Crippen LogP contribution < -0.4 is 34.9 Å². The largest absolute Gasteiger partial charge is 1.00 e. The van der Waals surface area contributed by atoms with Crippen LogP contribution >= 0.6 is 12.4 Å². The van der Waals surface area contributed by atoms with Gasteiger partial charge in [0.15, 0.2) is 0 Å². The summed E-state index contributed by atoms with van der Waals surface area (Å²) in [5.41, 5.74) is -0.864. The summed E-state index contributed by atoms with van der Waals surface area (Å²) < 4.78 is 31.2. The fraction of sp³-hybridized carbons (Fsp3) is 0.449. The minimum absolute atomic E-state index is 0. The molecule has 6 atom stereocenters. The van der Waals surface area contributed by atoms with E-state index in [2.05, 4.69) is 277 Å². The third-order valence-corrected chi connectivity index (χ3v) is 11.6. The number of hydrogen-bond acceptors (Lipinski definition) is 17. The van der Waals surface area contributed by atoms with Gasteiger partial charge in [0.05, 0.1) is 63.3 Å². The fourth-order valence-electron chi connectivity index (χ4n) is 7.83. The van der Waals surface area contributed by atoms with Gasteiger partial charge in [-0.1, -0.05) is 11.8 Å². The van der Waals surface area contributed by atoms with Gasteiger partial charge in [-0.05, 0) is 183 Å². The molecule has 1 saturated carbocycles. The van der Waals surface area contributed by atoms with Gasteiger partial charge in [-0.2, -0.15) is 0 Å². The first kappa shape index (κ1) is 93.9. The minimum atomic E-state index is -0.639. The quantitative estimate of drug-likeness (QED) is 0.144. The smallest absolute Gasteiger partial charge is 0.793 e. The van der Waals surface area contributed by atoms with Crippen LogP contribution in [-0.2, 0) is 52.5 Å². The fourth-order valence-corrected chi connectivity index (χ4v) is 7.83. The molecule has 2 N–H and O–H groups in total. The second-order valence-corrected chi connectivity index (χ2v) is 21.3. The molecule has 0 bridgehead atoms. The van der Waals surface area contributed by atoms with Gasteiger partial charge in [-0.25, -0.2) is 29.0 Å². The number of aliphatic hydroxyl groups excluding tert-OH is 1. The molecule has 6 aliphatic rings. The van der Waals surface area contributed by atoms with Gasteiger partial charge in [0.25, 0.3) is 0 Å². The summed E-state index contributed by atoms with van der Waals surface area (Å²) in [6.45, 7) is 26.2. The predicted octanol–water partition coefficient (Wildman–Crippen LogP) is 0.186. The van der Waals surface area contributed by atoms with Crippen LogP contribution in [0.5, 0.6) is 0 Å². The molecule has 0 spiro atoms. The summed E-state index contributed by atoms with van der Waals surface area (Å²) in [6, 6.07) is 1.33. The Morgan fingerprint density at radius 3 is 1.00 bits per heavy atom. The van der Waals surface area contributed by atoms with E-state index in [9.17, 15) is 24.0 Å². The molecule has 6 unspecified atom stereocenters. The average molecular weight is 1380 g/mol. The Hall–Kier alpha value is -10.3. The van der Waals surface area contributed by atoms with E-state index in [0.29, 0.717) is 38.3 Å². The second kappa shape index (κ2) is 59.9. The molecule has 509 valence electrons. The van der Waals surface area contributed by atoms with Gasteiger partial charge in [-0.15, -0.1) is 12.4 Å². The van der Waals surface area contributed by atoms with E-state index >= 15 is 0 Å². The zero-order valence-electron chi connectivity index (χ0n) is 59.2. The molecule has 5 heterocycles. The molecule has 19 nitrogen and oxygen atoms in total. The Labute approximate surface area is 623 Å². The van der Waals surface area contributed by atoms with E-state index in [4.69, 9.17) is 28.8 Å². The van der Waals surface area contributed by atoms with E-state index in [1.807, 2.05) is 41.5 Å². The molecule has 0 aromatic rings. The molecule has 5 saturated heterocycles. The van der Waals surface area contributed by atoms with Gasteiger partial charge in [0.2, 0.25) is 5.97 Å². The molecular formula is C78H77BClN5NaO14. The van der Waals surface area contributed by atoms with E-state index in [1.54, 1.807) is 23.6 Å². The third-order valence-electron chi connectivity index (χ3n) is 11.6. The number of halogens is 1. The van der Waals surface area contributed by atoms with Crippen molar-refractivity contribution in [3.8, 4) is 225 Å². The number of fused-ring (bicyclic) bond motifs is 3. The molecule has 0 aromatic carbocycles. The normalized spacial score (nSPS) is 16.7. The summed E-state index contributed by atoms with van der Waals surface area (Å²) in [7, 11) is 9.62. The van der Waals surface area contributed by atoms with Crippen molar-refractivity contribution in [3.63, 3.8) is 0 Å². The number of rotatable bonds is 0. The third kappa shape index (κ3) is 51.9. The first-order chi connectivity index (χ1) is 47.0. The molecule has 2 amide bonds. The maximum Gasteiger partial charge on any atom is 1.00 e. The SMILES string of the molecule is CC#CC#CC#CC#CC#CC#CC#CC#CC#CC#CC#CC#CC#CC#CC#CC#CC#CC#CC#CC.CC(=O)OOC(C)=O.CC(C)(C)OC(=O)N1CC2NCCOC2C1.CN1CCOC2CCCC21.CN1CCOC2CN(C(=O)OC(C)(C)C)CC21.CO.Cl.[B-]OC(C)=O.[Na+]. The summed E-state index contributed by atoms with van der Waals surface area (Å²) in [5.74, 6) is 93.9. The van der Waals surface area contributed by atoms with Crippen molar-refractivity contribution >= 4 is 50.6 Å². The van der Waals surface area contributed by atoms with Crippen molar-refractivity contribution in [3.05, 3.63) is 0 Å². The van der Waals surface area contributed by atoms with Crippen molar-refractivity contribution in [2.24, 2.45) is 0 Å². The van der Waals surface area contributed by atoms with Gasteiger partial charge < -0.3 is 56.6 Å². The molecule has 6 rings (SSSR count). The number of carbonyl (C=O) groups is 5. The Morgan fingerprint density at radius 1 is 0.430 bits per heavy atom. The van der Waals surface area contributed by atoms with Crippen LogP contribution in [-0.4, -0.2) is 197 Å². The van der Waals surface area contributed by atoms with E-state index in [0.717, 1.165) is 66.5 Å². The van der Waals surface area contributed by atoms with Gasteiger partial charge in [-0.3, -0.25) is 14.6 Å². The van der Waals surface area contributed by atoms with E-state index < -0.39 is 29.1 Å². The Morgan fingerprint density at radius 2 is 0.720 bits per heavy atom. The molecule has 5 aliphatic heterocycles. The molecule has 6 fully saturated rings. The second-order valence-electron chi connectivity index (χ2n) is 21.3. The maximum absolute atomic E-state index is 11.9. The first-order valence-corrected chi connectivity index (χ1v) is 30.0. The van der Waals surface area contributed by atoms with Gasteiger partial charge in [0.1, 0.15) is 11.2 Å². The summed E-state index contributed by atoms with van der Waals surface area (Å²) in [5, 5.41) is 10.4. The number of nitrogens with zero attached hydrogens (tertiary/aromatic N) is 4. The first-order valence-electron chi connectivity index (χ1n) is 30.0. The summed E-state index contributed by atoms with van der Waals surface area (Å²) in [6.07, 6.45) is 4.35. The van der Waals surface area contributed by atoms with Gasteiger partial charge >= 0.3 is 53.7 Å². The average Bonchev–Trinajstić information content (AvgIpc) is 1.68. The van der Waals surface area contributed by atoms with Crippen LogP contribution in [0.4, 0.5) is 9.59 Å². The number of amides is 2. The number of carbonyl (C=O) groups excluding carboxylic acids is 5. The topological polar surface area (TPSA) is 204 Å². The Bertz CT molecular complexity index is 3870. The maximum atomic E-state index is 11.9. The van der Waals surface area contributed by atoms with Crippen molar-refractivity contribution < 1.29 is 96.8 Å². The molecule has 1 aliphatic carbocycles. The number of nitrogens with one attached hydrogen (secondary N) is 1. The number of hydrogen-bond donors (Lipinski definition) is 2.